The van der Waals surface area contributed by atoms with Crippen LogP contribution in [-0.4, -0.2) is 39.0 Å². The smallest absolute Gasteiger partial charge is 0.0591 e. The molecule has 0 aromatic heterocycles. The zero-order valence-corrected chi connectivity index (χ0v) is 11.0. The summed E-state index contributed by atoms with van der Waals surface area (Å²) in [5.74, 6) is 1.41. The van der Waals surface area contributed by atoms with Crippen molar-refractivity contribution in [2.24, 2.45) is 11.8 Å². The Kier molecular flexibility index (Phi) is 7.01. The molecule has 1 unspecified atom stereocenters. The van der Waals surface area contributed by atoms with E-state index in [0.29, 0.717) is 12.0 Å². The molecule has 1 atom stereocenters. The summed E-state index contributed by atoms with van der Waals surface area (Å²) in [7, 11) is 0. The van der Waals surface area contributed by atoms with Gasteiger partial charge in [-0.15, -0.1) is 0 Å². The number of hydrogen-bond donors (Lipinski definition) is 1. The Morgan fingerprint density at radius 2 is 1.94 bits per heavy atom. The van der Waals surface area contributed by atoms with Gasteiger partial charge in [-0.2, -0.15) is 0 Å². The molecule has 1 aliphatic rings. The number of hydrogen-bond acceptors (Lipinski definition) is 3. The molecular formula is C13H27NO2. The molecule has 0 bridgehead atoms. The van der Waals surface area contributed by atoms with E-state index in [1.54, 1.807) is 0 Å². The number of ether oxygens (including phenoxy) is 2. The van der Waals surface area contributed by atoms with Gasteiger partial charge in [0, 0.05) is 32.4 Å². The first kappa shape index (κ1) is 13.9. The lowest BCUT2D eigenvalue weighted by molar-refractivity contribution is 0.0209. The Bertz CT molecular complexity index is 167. The highest BCUT2D eigenvalue weighted by molar-refractivity contribution is 4.65. The van der Waals surface area contributed by atoms with Crippen molar-refractivity contribution >= 4 is 0 Å². The molecule has 3 heteroatoms. The van der Waals surface area contributed by atoms with Gasteiger partial charge in [0.15, 0.2) is 0 Å². The van der Waals surface area contributed by atoms with Crippen molar-refractivity contribution in [1.29, 1.82) is 0 Å². The predicted octanol–water partition coefficient (Wildman–Crippen LogP) is 2.06. The average molecular weight is 229 g/mol. The molecule has 16 heavy (non-hydrogen) atoms. The van der Waals surface area contributed by atoms with Gasteiger partial charge in [0.2, 0.25) is 0 Å². The Hall–Kier alpha value is -0.120. The van der Waals surface area contributed by atoms with E-state index in [9.17, 15) is 0 Å². The molecule has 0 aromatic rings. The summed E-state index contributed by atoms with van der Waals surface area (Å²) in [4.78, 5) is 0. The third-order valence-electron chi connectivity index (χ3n) is 3.41. The van der Waals surface area contributed by atoms with Gasteiger partial charge in [-0.1, -0.05) is 13.8 Å². The van der Waals surface area contributed by atoms with E-state index < -0.39 is 0 Å². The van der Waals surface area contributed by atoms with Crippen LogP contribution < -0.4 is 5.32 Å². The first-order chi connectivity index (χ1) is 7.70. The first-order valence-corrected chi connectivity index (χ1v) is 6.59. The topological polar surface area (TPSA) is 30.5 Å². The average Bonchev–Trinajstić information content (AvgIpc) is 2.29. The predicted molar refractivity (Wildman–Crippen MR) is 66.7 cm³/mol. The number of rotatable bonds is 7. The first-order valence-electron chi connectivity index (χ1n) is 6.59. The molecule has 0 radical (unpaired) electrons. The van der Waals surface area contributed by atoms with Crippen LogP contribution in [0.25, 0.3) is 0 Å². The molecule has 0 aromatic carbocycles. The maximum absolute atomic E-state index is 5.69. The van der Waals surface area contributed by atoms with Crippen LogP contribution in [0.15, 0.2) is 0 Å². The molecule has 1 saturated heterocycles. The van der Waals surface area contributed by atoms with E-state index in [1.807, 2.05) is 0 Å². The second-order valence-electron chi connectivity index (χ2n) is 5.12. The third kappa shape index (κ3) is 5.83. The normalized spacial score (nSPS) is 20.2. The molecule has 1 fully saturated rings. The Labute approximate surface area is 99.9 Å². The zero-order valence-electron chi connectivity index (χ0n) is 11.0. The van der Waals surface area contributed by atoms with Crippen LogP contribution >= 0.6 is 0 Å². The van der Waals surface area contributed by atoms with Crippen LogP contribution in [0.1, 0.15) is 33.6 Å². The van der Waals surface area contributed by atoms with Crippen molar-refractivity contribution in [3.05, 3.63) is 0 Å². The van der Waals surface area contributed by atoms with Crippen molar-refractivity contribution in [3.8, 4) is 0 Å². The van der Waals surface area contributed by atoms with Crippen LogP contribution in [0, 0.1) is 11.8 Å². The molecule has 0 saturated carbocycles. The molecule has 1 rings (SSSR count). The summed E-state index contributed by atoms with van der Waals surface area (Å²) in [6, 6.07) is 0.576. The highest BCUT2D eigenvalue weighted by Crippen LogP contribution is 2.14. The molecule has 1 heterocycles. The van der Waals surface area contributed by atoms with Crippen molar-refractivity contribution in [3.63, 3.8) is 0 Å². The molecule has 0 amide bonds. The third-order valence-corrected chi connectivity index (χ3v) is 3.41. The Morgan fingerprint density at radius 1 is 1.25 bits per heavy atom. The number of nitrogens with one attached hydrogen (secondary N) is 1. The van der Waals surface area contributed by atoms with E-state index in [1.165, 1.54) is 0 Å². The van der Waals surface area contributed by atoms with Gasteiger partial charge in [-0.3, -0.25) is 0 Å². The monoisotopic (exact) mass is 229 g/mol. The van der Waals surface area contributed by atoms with Gasteiger partial charge < -0.3 is 14.8 Å². The molecule has 1 N–H and O–H groups in total. The van der Waals surface area contributed by atoms with Crippen LogP contribution in [0.2, 0.25) is 0 Å². The van der Waals surface area contributed by atoms with Crippen LogP contribution in [-0.2, 0) is 9.47 Å². The molecular weight excluding hydrogens is 202 g/mol. The summed E-state index contributed by atoms with van der Waals surface area (Å²) in [6.07, 6.45) is 2.33. The Morgan fingerprint density at radius 3 is 2.56 bits per heavy atom. The molecule has 0 aliphatic carbocycles. The summed E-state index contributed by atoms with van der Waals surface area (Å²) in [5.41, 5.74) is 0. The van der Waals surface area contributed by atoms with Crippen molar-refractivity contribution in [1.82, 2.24) is 5.32 Å². The molecule has 3 nitrogen and oxygen atoms in total. The molecule has 96 valence electrons. The van der Waals surface area contributed by atoms with Gasteiger partial charge in [-0.05, 0) is 31.6 Å². The SMILES string of the molecule is CC(C)C(C)NCCOCC1CCOCC1. The van der Waals surface area contributed by atoms with Gasteiger partial charge in [-0.25, -0.2) is 0 Å². The lowest BCUT2D eigenvalue weighted by atomic mass is 10.0. The van der Waals surface area contributed by atoms with E-state index in [0.717, 1.165) is 51.7 Å². The maximum Gasteiger partial charge on any atom is 0.0591 e. The quantitative estimate of drug-likeness (QED) is 0.678. The second kappa shape index (κ2) is 8.04. The fourth-order valence-electron chi connectivity index (χ4n) is 1.76. The lowest BCUT2D eigenvalue weighted by Crippen LogP contribution is -2.33. The van der Waals surface area contributed by atoms with E-state index in [4.69, 9.17) is 9.47 Å². The minimum Gasteiger partial charge on any atom is -0.381 e. The minimum absolute atomic E-state index is 0.576. The second-order valence-corrected chi connectivity index (χ2v) is 5.12. The minimum atomic E-state index is 0.576. The summed E-state index contributed by atoms with van der Waals surface area (Å²) < 4.78 is 11.0. The molecule has 0 spiro atoms. The van der Waals surface area contributed by atoms with Gasteiger partial charge in [0.1, 0.15) is 0 Å². The summed E-state index contributed by atoms with van der Waals surface area (Å²) in [5, 5.41) is 3.47. The van der Waals surface area contributed by atoms with E-state index in [-0.39, 0.29) is 0 Å². The maximum atomic E-state index is 5.69. The highest BCUT2D eigenvalue weighted by Gasteiger charge is 2.13. The highest BCUT2D eigenvalue weighted by atomic mass is 16.5. The largest absolute Gasteiger partial charge is 0.381 e. The van der Waals surface area contributed by atoms with Crippen molar-refractivity contribution in [2.75, 3.05) is 33.0 Å². The molecule has 1 aliphatic heterocycles. The van der Waals surface area contributed by atoms with Crippen LogP contribution in [0.3, 0.4) is 0 Å². The standard InChI is InChI=1S/C13H27NO2/c1-11(2)12(3)14-6-9-16-10-13-4-7-15-8-5-13/h11-14H,4-10H2,1-3H3. The van der Waals surface area contributed by atoms with Gasteiger partial charge in [0.25, 0.3) is 0 Å². The fraction of sp³-hybridized carbons (Fsp3) is 1.00. The Balaban J connectivity index is 1.91. The lowest BCUT2D eigenvalue weighted by Gasteiger charge is -2.22. The van der Waals surface area contributed by atoms with E-state index in [2.05, 4.69) is 26.1 Å². The summed E-state index contributed by atoms with van der Waals surface area (Å²) in [6.45, 7) is 11.2. The van der Waals surface area contributed by atoms with Crippen molar-refractivity contribution < 1.29 is 9.47 Å². The summed E-state index contributed by atoms with van der Waals surface area (Å²) >= 11 is 0. The van der Waals surface area contributed by atoms with Crippen molar-refractivity contribution in [2.45, 2.75) is 39.7 Å². The van der Waals surface area contributed by atoms with E-state index >= 15 is 0 Å². The van der Waals surface area contributed by atoms with Crippen LogP contribution in [0.4, 0.5) is 0 Å². The van der Waals surface area contributed by atoms with Gasteiger partial charge in [0.05, 0.1) is 6.61 Å². The fourth-order valence-corrected chi connectivity index (χ4v) is 1.76. The van der Waals surface area contributed by atoms with Crippen LogP contribution in [0.5, 0.6) is 0 Å². The zero-order chi connectivity index (χ0) is 11.8. The van der Waals surface area contributed by atoms with Gasteiger partial charge >= 0.3 is 0 Å².